The molecule has 12 heteroatoms. The Hall–Kier alpha value is -3.51. The quantitative estimate of drug-likeness (QED) is 0.590. The van der Waals surface area contributed by atoms with Crippen molar-refractivity contribution < 1.29 is 31.9 Å². The molecule has 0 spiro atoms. The molecule has 10 nitrogen and oxygen atoms in total. The van der Waals surface area contributed by atoms with Crippen LogP contribution >= 0.6 is 0 Å². The molecule has 2 aliphatic heterocycles. The summed E-state index contributed by atoms with van der Waals surface area (Å²) >= 11 is 0. The van der Waals surface area contributed by atoms with Gasteiger partial charge in [0.2, 0.25) is 15.9 Å². The van der Waals surface area contributed by atoms with Gasteiger partial charge in [-0.1, -0.05) is 12.1 Å². The fourth-order valence-electron chi connectivity index (χ4n) is 4.13. The smallest absolute Gasteiger partial charge is 0.325 e. The van der Waals surface area contributed by atoms with Crippen LogP contribution in [0.25, 0.3) is 0 Å². The summed E-state index contributed by atoms with van der Waals surface area (Å²) in [5.74, 6) is -0.963. The molecule has 4 amide bonds. The molecule has 1 unspecified atom stereocenters. The molecule has 1 N–H and O–H groups in total. The standard InChI is InChI=1S/C23H25FN4O6S/c1-23(16-3-7-18(34-2)8-4-16)21(30)28(22(31)25-23)15-20(29)26-11-13-27(14-12-26)35(32,33)19-9-5-17(24)6-10-19/h3-10H,11-15H2,1-2H3,(H,25,31). The number of rotatable bonds is 6. The lowest BCUT2D eigenvalue weighted by Gasteiger charge is -2.34. The van der Waals surface area contributed by atoms with E-state index in [0.717, 1.165) is 17.0 Å². The van der Waals surface area contributed by atoms with Gasteiger partial charge in [0.25, 0.3) is 5.91 Å². The lowest BCUT2D eigenvalue weighted by atomic mass is 9.92. The highest BCUT2D eigenvalue weighted by molar-refractivity contribution is 7.89. The zero-order valence-electron chi connectivity index (χ0n) is 19.2. The molecule has 4 rings (SSSR count). The number of amides is 4. The van der Waals surface area contributed by atoms with Crippen LogP contribution in [0.15, 0.2) is 53.4 Å². The summed E-state index contributed by atoms with van der Waals surface area (Å²) in [5.41, 5.74) is -0.780. The van der Waals surface area contributed by atoms with E-state index in [-0.39, 0.29) is 31.1 Å². The molecular weight excluding hydrogens is 479 g/mol. The van der Waals surface area contributed by atoms with Crippen LogP contribution < -0.4 is 10.1 Å². The van der Waals surface area contributed by atoms with Crippen LogP contribution in [0.1, 0.15) is 12.5 Å². The fourth-order valence-corrected chi connectivity index (χ4v) is 5.55. The van der Waals surface area contributed by atoms with Crippen molar-refractivity contribution in [2.75, 3.05) is 39.8 Å². The van der Waals surface area contributed by atoms with Crippen LogP contribution in [-0.2, 0) is 25.2 Å². The average Bonchev–Trinajstić information content (AvgIpc) is 3.08. The number of carbonyl (C=O) groups excluding carboxylic acids is 3. The van der Waals surface area contributed by atoms with Crippen molar-refractivity contribution >= 4 is 27.9 Å². The zero-order chi connectivity index (χ0) is 25.4. The Bertz CT molecular complexity index is 1240. The number of imide groups is 1. The number of sulfonamides is 1. The van der Waals surface area contributed by atoms with Gasteiger partial charge in [0.15, 0.2) is 0 Å². The molecular formula is C23H25FN4O6S. The number of hydrogen-bond donors (Lipinski definition) is 1. The minimum absolute atomic E-state index is 0.0316. The van der Waals surface area contributed by atoms with Gasteiger partial charge in [-0.25, -0.2) is 17.6 Å². The van der Waals surface area contributed by atoms with E-state index >= 15 is 0 Å². The van der Waals surface area contributed by atoms with E-state index in [2.05, 4.69) is 5.32 Å². The highest BCUT2D eigenvalue weighted by Crippen LogP contribution is 2.30. The maximum atomic E-state index is 13.1. The third-order valence-corrected chi connectivity index (χ3v) is 8.19. The summed E-state index contributed by atoms with van der Waals surface area (Å²) in [4.78, 5) is 40.8. The normalized spacial score (nSPS) is 21.2. The predicted octanol–water partition coefficient (Wildman–Crippen LogP) is 1.13. The number of methoxy groups -OCH3 is 1. The monoisotopic (exact) mass is 504 g/mol. The summed E-state index contributed by atoms with van der Waals surface area (Å²) in [5, 5.41) is 2.65. The number of carbonyl (C=O) groups is 3. The van der Waals surface area contributed by atoms with Crippen LogP contribution in [0.2, 0.25) is 0 Å². The maximum absolute atomic E-state index is 13.1. The first-order valence-corrected chi connectivity index (χ1v) is 12.3. The highest BCUT2D eigenvalue weighted by Gasteiger charge is 2.49. The van der Waals surface area contributed by atoms with Crippen molar-refractivity contribution in [1.29, 1.82) is 0 Å². The molecule has 2 fully saturated rings. The molecule has 0 saturated carbocycles. The summed E-state index contributed by atoms with van der Waals surface area (Å²) in [7, 11) is -2.31. The Morgan fingerprint density at radius 1 is 1.03 bits per heavy atom. The Kier molecular flexibility index (Phi) is 6.52. The van der Waals surface area contributed by atoms with Crippen molar-refractivity contribution in [2.45, 2.75) is 17.4 Å². The number of urea groups is 1. The molecule has 0 bridgehead atoms. The van der Waals surface area contributed by atoms with Crippen LogP contribution in [0, 0.1) is 5.82 Å². The molecule has 0 radical (unpaired) electrons. The van der Waals surface area contributed by atoms with Gasteiger partial charge in [0.05, 0.1) is 12.0 Å². The fraction of sp³-hybridized carbons (Fsp3) is 0.348. The van der Waals surface area contributed by atoms with Gasteiger partial charge < -0.3 is 15.0 Å². The second-order valence-electron chi connectivity index (χ2n) is 8.41. The Morgan fingerprint density at radius 3 is 2.20 bits per heavy atom. The van der Waals surface area contributed by atoms with Crippen molar-refractivity contribution in [3.63, 3.8) is 0 Å². The van der Waals surface area contributed by atoms with Crippen LogP contribution in [0.3, 0.4) is 0 Å². The lowest BCUT2D eigenvalue weighted by molar-refractivity contribution is -0.139. The number of piperazine rings is 1. The summed E-state index contributed by atoms with van der Waals surface area (Å²) in [6.45, 7) is 1.38. The van der Waals surface area contributed by atoms with Crippen LogP contribution in [0.5, 0.6) is 5.75 Å². The summed E-state index contributed by atoms with van der Waals surface area (Å²) in [6, 6.07) is 10.5. The average molecular weight is 505 g/mol. The van der Waals surface area contributed by atoms with E-state index < -0.39 is 45.8 Å². The number of ether oxygens (including phenoxy) is 1. The van der Waals surface area contributed by atoms with Gasteiger partial charge in [0, 0.05) is 26.2 Å². The first kappa shape index (κ1) is 24.6. The van der Waals surface area contributed by atoms with Gasteiger partial charge in [-0.15, -0.1) is 0 Å². The van der Waals surface area contributed by atoms with Crippen LogP contribution in [-0.4, -0.2) is 80.2 Å². The second kappa shape index (κ2) is 9.27. The molecule has 2 saturated heterocycles. The second-order valence-corrected chi connectivity index (χ2v) is 10.4. The van der Waals surface area contributed by atoms with E-state index in [4.69, 9.17) is 4.74 Å². The van der Waals surface area contributed by atoms with Gasteiger partial charge in [0.1, 0.15) is 23.7 Å². The van der Waals surface area contributed by atoms with Crippen LogP contribution in [0.4, 0.5) is 9.18 Å². The molecule has 2 aromatic rings. The van der Waals surface area contributed by atoms with Crippen molar-refractivity contribution in [2.24, 2.45) is 0 Å². The number of nitrogens with one attached hydrogen (secondary N) is 1. The molecule has 35 heavy (non-hydrogen) atoms. The number of hydrogen-bond acceptors (Lipinski definition) is 6. The minimum Gasteiger partial charge on any atom is -0.497 e. The largest absolute Gasteiger partial charge is 0.497 e. The minimum atomic E-state index is -3.83. The van der Waals surface area contributed by atoms with E-state index in [9.17, 15) is 27.2 Å². The molecule has 186 valence electrons. The van der Waals surface area contributed by atoms with E-state index in [0.29, 0.717) is 11.3 Å². The van der Waals surface area contributed by atoms with Gasteiger partial charge >= 0.3 is 6.03 Å². The Labute approximate surface area is 202 Å². The zero-order valence-corrected chi connectivity index (χ0v) is 20.0. The molecule has 2 aliphatic rings. The first-order valence-electron chi connectivity index (χ1n) is 10.9. The van der Waals surface area contributed by atoms with E-state index in [1.807, 2.05) is 0 Å². The van der Waals surface area contributed by atoms with E-state index in [1.165, 1.54) is 28.4 Å². The molecule has 2 aromatic carbocycles. The van der Waals surface area contributed by atoms with Gasteiger partial charge in [-0.3, -0.25) is 14.5 Å². The topological polar surface area (TPSA) is 116 Å². The Balaban J connectivity index is 1.39. The molecule has 2 heterocycles. The molecule has 1 atom stereocenters. The van der Waals surface area contributed by atoms with Crippen molar-refractivity contribution in [3.05, 3.63) is 59.9 Å². The highest BCUT2D eigenvalue weighted by atomic mass is 32.2. The number of benzene rings is 2. The van der Waals surface area contributed by atoms with Crippen molar-refractivity contribution in [1.82, 2.24) is 19.4 Å². The third-order valence-electron chi connectivity index (χ3n) is 6.28. The van der Waals surface area contributed by atoms with Crippen molar-refractivity contribution in [3.8, 4) is 5.75 Å². The summed E-state index contributed by atoms with van der Waals surface area (Å²) < 4.78 is 45.0. The van der Waals surface area contributed by atoms with E-state index in [1.54, 1.807) is 31.2 Å². The SMILES string of the molecule is COc1ccc(C2(C)NC(=O)N(CC(=O)N3CCN(S(=O)(=O)c4ccc(F)cc4)CC3)C2=O)cc1. The number of halogens is 1. The molecule has 0 aromatic heterocycles. The summed E-state index contributed by atoms with van der Waals surface area (Å²) in [6.07, 6.45) is 0. The lowest BCUT2D eigenvalue weighted by Crippen LogP contribution is -2.53. The number of nitrogens with zero attached hydrogens (tertiary/aromatic N) is 3. The predicted molar refractivity (Wildman–Crippen MR) is 122 cm³/mol. The maximum Gasteiger partial charge on any atom is 0.325 e. The first-order chi connectivity index (χ1) is 16.6. The third kappa shape index (κ3) is 4.58. The van der Waals surface area contributed by atoms with Gasteiger partial charge in [-0.05, 0) is 48.9 Å². The Morgan fingerprint density at radius 2 is 1.63 bits per heavy atom. The van der Waals surface area contributed by atoms with Gasteiger partial charge in [-0.2, -0.15) is 4.31 Å². The molecule has 0 aliphatic carbocycles.